The number of rotatable bonds is 7. The lowest BCUT2D eigenvalue weighted by Crippen LogP contribution is -2.23. The lowest BCUT2D eigenvalue weighted by Gasteiger charge is -2.12. The van der Waals surface area contributed by atoms with Crippen molar-refractivity contribution in [3.05, 3.63) is 114 Å². The minimum atomic E-state index is -0.318. The highest BCUT2D eigenvalue weighted by Crippen LogP contribution is 2.31. The zero-order valence-corrected chi connectivity index (χ0v) is 26.0. The summed E-state index contributed by atoms with van der Waals surface area (Å²) in [6.45, 7) is 12.3. The Morgan fingerprint density at radius 1 is 0.955 bits per heavy atom. The Morgan fingerprint density at radius 3 is 2.30 bits per heavy atom. The van der Waals surface area contributed by atoms with Gasteiger partial charge in [-0.15, -0.1) is 0 Å². The van der Waals surface area contributed by atoms with E-state index in [1.807, 2.05) is 119 Å². The highest BCUT2D eigenvalue weighted by molar-refractivity contribution is 5.92. The first-order chi connectivity index (χ1) is 21.5. The summed E-state index contributed by atoms with van der Waals surface area (Å²) in [5, 5.41) is 11.8. The Hall–Kier alpha value is -5.62. The van der Waals surface area contributed by atoms with Gasteiger partial charge in [0, 0.05) is 24.6 Å². The molecule has 0 bridgehead atoms. The molecule has 0 radical (unpaired) electrons. The van der Waals surface area contributed by atoms with Crippen LogP contribution in [0.1, 0.15) is 68.9 Å². The lowest BCUT2D eigenvalue weighted by molar-refractivity contribution is 0.0946. The number of aromatic nitrogens is 5. The minimum Gasteiger partial charge on any atom is -0.383 e. The van der Waals surface area contributed by atoms with E-state index in [0.29, 0.717) is 35.0 Å². The lowest BCUT2D eigenvalue weighted by atomic mass is 10.1. The number of pyridine rings is 3. The number of carbonyl (C=O) groups excluding carboxylic acids is 1. The van der Waals surface area contributed by atoms with E-state index < -0.39 is 0 Å². The first-order valence-corrected chi connectivity index (χ1v) is 14.7. The molecule has 0 spiro atoms. The van der Waals surface area contributed by atoms with E-state index in [9.17, 15) is 4.79 Å². The summed E-state index contributed by atoms with van der Waals surface area (Å²) >= 11 is 0. The molecule has 4 heterocycles. The molecule has 3 N–H and O–H groups in total. The summed E-state index contributed by atoms with van der Waals surface area (Å²) in [6.07, 6.45) is 9.04. The zero-order chi connectivity index (χ0) is 32.1. The zero-order valence-electron chi connectivity index (χ0n) is 26.0. The molecule has 0 fully saturated rings. The number of fused-ring (bicyclic) bond motifs is 1. The van der Waals surface area contributed by atoms with Crippen molar-refractivity contribution in [2.45, 2.75) is 48.1 Å². The van der Waals surface area contributed by atoms with Crippen molar-refractivity contribution in [3.8, 4) is 23.1 Å². The monoisotopic (exact) mass is 586 g/mol. The number of nitrogens with zero attached hydrogens (tertiary/aromatic N) is 6. The second kappa shape index (κ2) is 16.1. The van der Waals surface area contributed by atoms with E-state index in [1.165, 1.54) is 12.3 Å². The molecule has 0 aliphatic carbocycles. The van der Waals surface area contributed by atoms with Crippen LogP contribution in [0.3, 0.4) is 0 Å². The summed E-state index contributed by atoms with van der Waals surface area (Å²) in [5.74, 6) is 0.686. The van der Waals surface area contributed by atoms with Gasteiger partial charge in [-0.25, -0.2) is 19.9 Å². The quantitative estimate of drug-likeness (QED) is 0.191. The first-order valence-electron chi connectivity index (χ1n) is 14.7. The van der Waals surface area contributed by atoms with Crippen molar-refractivity contribution in [1.82, 2.24) is 29.8 Å². The Kier molecular flexibility index (Phi) is 12.1. The van der Waals surface area contributed by atoms with Crippen molar-refractivity contribution >= 4 is 28.5 Å². The number of benzene rings is 1. The Bertz CT molecular complexity index is 1790. The molecule has 0 saturated heterocycles. The molecule has 9 heteroatoms. The number of nitrogens with one attached hydrogen (secondary N) is 1. The number of hydrogen-bond donors (Lipinski definition) is 2. The van der Waals surface area contributed by atoms with Gasteiger partial charge in [-0.2, -0.15) is 5.26 Å². The average Bonchev–Trinajstić information content (AvgIpc) is 3.47. The van der Waals surface area contributed by atoms with Crippen LogP contribution in [0.5, 0.6) is 0 Å². The van der Waals surface area contributed by atoms with Crippen molar-refractivity contribution in [1.29, 1.82) is 5.26 Å². The number of imidazole rings is 1. The predicted molar refractivity (Wildman–Crippen MR) is 178 cm³/mol. The maximum Gasteiger partial charge on any atom is 0.270 e. The van der Waals surface area contributed by atoms with Crippen molar-refractivity contribution in [2.24, 2.45) is 0 Å². The fourth-order valence-electron chi connectivity index (χ4n) is 4.29. The molecule has 5 rings (SSSR count). The minimum absolute atomic E-state index is 0.250. The SMILES string of the molecule is C/C=C\C(=C/C)c1ccc2nc(-c3cccnc3N)n(-c3ccc(CNC(=O)c4ccc(C#N)cn4)cc3)c2n1.CC.CC. The Morgan fingerprint density at radius 2 is 1.68 bits per heavy atom. The smallest absolute Gasteiger partial charge is 0.270 e. The number of anilines is 1. The van der Waals surface area contributed by atoms with Crippen molar-refractivity contribution < 1.29 is 4.79 Å². The molecule has 0 aliphatic heterocycles. The van der Waals surface area contributed by atoms with Gasteiger partial charge in [0.1, 0.15) is 23.1 Å². The summed E-state index contributed by atoms with van der Waals surface area (Å²) in [6, 6.07) is 20.5. The molecule has 44 heavy (non-hydrogen) atoms. The maximum atomic E-state index is 12.5. The molecule has 224 valence electrons. The van der Waals surface area contributed by atoms with E-state index in [0.717, 1.165) is 28.0 Å². The highest BCUT2D eigenvalue weighted by Gasteiger charge is 2.19. The van der Waals surface area contributed by atoms with Crippen molar-refractivity contribution in [2.75, 3.05) is 5.73 Å². The molecule has 1 aromatic carbocycles. The number of amides is 1. The Balaban J connectivity index is 0.00000127. The topological polar surface area (TPSA) is 135 Å². The summed E-state index contributed by atoms with van der Waals surface area (Å²) in [5.41, 5.74) is 12.6. The molecule has 0 unspecified atom stereocenters. The van der Waals surface area contributed by atoms with Crippen LogP contribution < -0.4 is 11.1 Å². The van der Waals surface area contributed by atoms with Gasteiger partial charge in [-0.1, -0.05) is 58.1 Å². The molecular formula is C35H38N8O. The van der Waals surface area contributed by atoms with E-state index in [-0.39, 0.29) is 11.6 Å². The number of carbonyl (C=O) groups is 1. The van der Waals surface area contributed by atoms with Crippen LogP contribution in [-0.2, 0) is 6.54 Å². The van der Waals surface area contributed by atoms with E-state index in [1.54, 1.807) is 12.3 Å². The van der Waals surface area contributed by atoms with Gasteiger partial charge in [0.05, 0.1) is 16.8 Å². The molecule has 1 amide bonds. The second-order valence-electron chi connectivity index (χ2n) is 8.88. The van der Waals surface area contributed by atoms with Crippen LogP contribution in [0.25, 0.3) is 33.8 Å². The second-order valence-corrected chi connectivity index (χ2v) is 8.88. The largest absolute Gasteiger partial charge is 0.383 e. The summed E-state index contributed by atoms with van der Waals surface area (Å²) in [7, 11) is 0. The van der Waals surface area contributed by atoms with Gasteiger partial charge in [0.25, 0.3) is 5.91 Å². The molecular weight excluding hydrogens is 548 g/mol. The van der Waals surface area contributed by atoms with Crippen LogP contribution in [-0.4, -0.2) is 30.4 Å². The van der Waals surface area contributed by atoms with Crippen LogP contribution >= 0.6 is 0 Å². The molecule has 0 atom stereocenters. The average molecular weight is 587 g/mol. The summed E-state index contributed by atoms with van der Waals surface area (Å²) < 4.78 is 1.97. The van der Waals surface area contributed by atoms with Gasteiger partial charge >= 0.3 is 0 Å². The normalized spacial score (nSPS) is 10.8. The highest BCUT2D eigenvalue weighted by atomic mass is 16.1. The van der Waals surface area contributed by atoms with Crippen LogP contribution in [0.2, 0.25) is 0 Å². The third-order valence-corrected chi connectivity index (χ3v) is 6.31. The predicted octanol–water partition coefficient (Wildman–Crippen LogP) is 7.29. The van der Waals surface area contributed by atoms with Crippen LogP contribution in [0, 0.1) is 11.3 Å². The van der Waals surface area contributed by atoms with Gasteiger partial charge in [-0.05, 0) is 73.5 Å². The maximum absolute atomic E-state index is 12.5. The fraction of sp³-hybridized carbons (Fsp3) is 0.200. The van der Waals surface area contributed by atoms with Gasteiger partial charge in [-0.3, -0.25) is 9.36 Å². The number of nitrogen functional groups attached to an aromatic ring is 1. The van der Waals surface area contributed by atoms with E-state index >= 15 is 0 Å². The van der Waals surface area contributed by atoms with Gasteiger partial charge < -0.3 is 11.1 Å². The summed E-state index contributed by atoms with van der Waals surface area (Å²) in [4.78, 5) is 30.7. The van der Waals surface area contributed by atoms with E-state index in [4.69, 9.17) is 21.0 Å². The van der Waals surface area contributed by atoms with E-state index in [2.05, 4.69) is 15.3 Å². The number of allylic oxidation sites excluding steroid dienone is 4. The van der Waals surface area contributed by atoms with Crippen molar-refractivity contribution in [3.63, 3.8) is 0 Å². The third kappa shape index (κ3) is 7.41. The fourth-order valence-corrected chi connectivity index (χ4v) is 4.29. The molecule has 0 aliphatic rings. The number of nitrogens with two attached hydrogens (primary N) is 1. The Labute approximate surface area is 258 Å². The van der Waals surface area contributed by atoms with Crippen LogP contribution in [0.15, 0.2) is 91.3 Å². The number of nitriles is 1. The number of hydrogen-bond acceptors (Lipinski definition) is 7. The molecule has 4 aromatic heterocycles. The first kappa shape index (κ1) is 32.9. The van der Waals surface area contributed by atoms with Gasteiger partial charge in [0.2, 0.25) is 0 Å². The van der Waals surface area contributed by atoms with Crippen LogP contribution in [0.4, 0.5) is 5.82 Å². The standard InChI is InChI=1S/C31H26N8O.2C2H6/c1-3-6-22(4-2)25-14-15-26-30(37-25)39(29(38-26)24-7-5-16-34-28(24)33)23-11-8-20(9-12-23)18-36-31(40)27-13-10-21(17-32)19-35-27;2*1-2/h3-16,19H,18H2,1-2H3,(H2,33,34)(H,36,40);2*1-2H3/b6-3-,22-4+;;. The molecule has 9 nitrogen and oxygen atoms in total. The molecule has 5 aromatic rings. The third-order valence-electron chi connectivity index (χ3n) is 6.31. The van der Waals surface area contributed by atoms with Gasteiger partial charge in [0.15, 0.2) is 11.5 Å². The molecule has 0 saturated carbocycles.